The first-order chi connectivity index (χ1) is 16.1. The van der Waals surface area contributed by atoms with Crippen molar-refractivity contribution in [2.45, 2.75) is 13.2 Å². The van der Waals surface area contributed by atoms with Crippen LogP contribution in [0.25, 0.3) is 0 Å². The highest BCUT2D eigenvalue weighted by Gasteiger charge is 2.16. The van der Waals surface area contributed by atoms with Gasteiger partial charge in [-0.1, -0.05) is 18.2 Å². The summed E-state index contributed by atoms with van der Waals surface area (Å²) in [6.45, 7) is 0.199. The summed E-state index contributed by atoms with van der Waals surface area (Å²) in [5.74, 6) is 0.284. The fourth-order valence-corrected chi connectivity index (χ4v) is 2.75. The van der Waals surface area contributed by atoms with Crippen molar-refractivity contribution in [3.05, 3.63) is 108 Å². The first-order valence-corrected chi connectivity index (χ1v) is 9.91. The smallest absolute Gasteiger partial charge is 0.305 e. The molecule has 2 heterocycles. The number of hydrazine groups is 1. The van der Waals surface area contributed by atoms with Crippen molar-refractivity contribution in [1.29, 1.82) is 0 Å². The van der Waals surface area contributed by atoms with E-state index in [1.807, 2.05) is 18.2 Å². The SMILES string of the molecule is O=C(NNC(=O)c1ccc(COc2ccc(F)cc2)o1)c1ccc(COc2ccccc2)o1. The number of amides is 2. The summed E-state index contributed by atoms with van der Waals surface area (Å²) in [4.78, 5) is 24.4. The number of benzene rings is 2. The van der Waals surface area contributed by atoms with Crippen molar-refractivity contribution >= 4 is 11.8 Å². The molecule has 2 aromatic heterocycles. The van der Waals surface area contributed by atoms with E-state index in [0.29, 0.717) is 23.0 Å². The second-order valence-corrected chi connectivity index (χ2v) is 6.78. The summed E-state index contributed by atoms with van der Waals surface area (Å²) < 4.78 is 34.8. The summed E-state index contributed by atoms with van der Waals surface area (Å²) in [5, 5.41) is 0. The van der Waals surface area contributed by atoms with Gasteiger partial charge in [-0.2, -0.15) is 0 Å². The van der Waals surface area contributed by atoms with E-state index in [1.165, 1.54) is 36.4 Å². The molecule has 0 aliphatic rings. The van der Waals surface area contributed by atoms with Crippen molar-refractivity contribution in [1.82, 2.24) is 10.9 Å². The zero-order valence-electron chi connectivity index (χ0n) is 17.2. The molecule has 0 radical (unpaired) electrons. The van der Waals surface area contributed by atoms with Crippen LogP contribution in [0.15, 0.2) is 87.7 Å². The largest absolute Gasteiger partial charge is 0.486 e. The molecule has 0 saturated carbocycles. The number of hydrogen-bond donors (Lipinski definition) is 2. The van der Waals surface area contributed by atoms with Gasteiger partial charge in [0.2, 0.25) is 0 Å². The van der Waals surface area contributed by atoms with Crippen molar-refractivity contribution < 1.29 is 32.3 Å². The number of carbonyl (C=O) groups is 2. The molecule has 0 bridgehead atoms. The standard InChI is InChI=1S/C24H19FN2O6/c25-16-6-8-18(9-7-16)31-15-20-11-13-22(33-20)24(29)27-26-23(28)21-12-10-19(32-21)14-30-17-4-2-1-3-5-17/h1-13H,14-15H2,(H,26,28)(H,27,29). The number of carbonyl (C=O) groups excluding carboxylic acids is 2. The molecule has 0 spiro atoms. The average molecular weight is 450 g/mol. The molecule has 0 saturated heterocycles. The predicted octanol–water partition coefficient (Wildman–Crippen LogP) is 4.24. The van der Waals surface area contributed by atoms with Crippen LogP contribution < -0.4 is 20.3 Å². The third kappa shape index (κ3) is 6.01. The molecule has 4 aromatic rings. The van der Waals surface area contributed by atoms with Gasteiger partial charge in [0.15, 0.2) is 11.5 Å². The second-order valence-electron chi connectivity index (χ2n) is 6.78. The molecule has 0 atom stereocenters. The van der Waals surface area contributed by atoms with Crippen LogP contribution in [0.4, 0.5) is 4.39 Å². The number of furan rings is 2. The molecule has 8 nitrogen and oxygen atoms in total. The van der Waals surface area contributed by atoms with Gasteiger partial charge in [-0.25, -0.2) is 4.39 Å². The highest BCUT2D eigenvalue weighted by molar-refractivity contribution is 5.96. The topological polar surface area (TPSA) is 103 Å². The Balaban J connectivity index is 1.23. The maximum atomic E-state index is 12.9. The van der Waals surface area contributed by atoms with Crippen molar-refractivity contribution in [2.75, 3.05) is 0 Å². The number of rotatable bonds is 8. The van der Waals surface area contributed by atoms with Crippen LogP contribution in [0, 0.1) is 5.82 Å². The van der Waals surface area contributed by atoms with Crippen LogP contribution in [0.2, 0.25) is 0 Å². The first kappa shape index (κ1) is 21.7. The monoisotopic (exact) mass is 450 g/mol. The summed E-state index contributed by atoms with van der Waals surface area (Å²) >= 11 is 0. The summed E-state index contributed by atoms with van der Waals surface area (Å²) in [5.41, 5.74) is 4.51. The molecule has 0 aliphatic carbocycles. The van der Waals surface area contributed by atoms with Gasteiger partial charge in [-0.05, 0) is 60.7 Å². The maximum Gasteiger partial charge on any atom is 0.305 e. The molecule has 168 valence electrons. The van der Waals surface area contributed by atoms with Crippen molar-refractivity contribution in [3.8, 4) is 11.5 Å². The lowest BCUT2D eigenvalue weighted by molar-refractivity contribution is 0.0812. The fraction of sp³-hybridized carbons (Fsp3) is 0.0833. The molecular weight excluding hydrogens is 431 g/mol. The van der Waals surface area contributed by atoms with E-state index in [9.17, 15) is 14.0 Å². The Labute approximate surface area is 187 Å². The molecule has 2 N–H and O–H groups in total. The van der Waals surface area contributed by atoms with Crippen LogP contribution in [0.3, 0.4) is 0 Å². The summed E-state index contributed by atoms with van der Waals surface area (Å²) in [6.07, 6.45) is 0. The molecule has 0 unspecified atom stereocenters. The zero-order valence-corrected chi connectivity index (χ0v) is 17.2. The highest BCUT2D eigenvalue weighted by atomic mass is 19.1. The molecule has 4 rings (SSSR count). The zero-order chi connectivity index (χ0) is 23.0. The van der Waals surface area contributed by atoms with Gasteiger partial charge in [0.05, 0.1) is 0 Å². The van der Waals surface area contributed by atoms with Gasteiger partial charge < -0.3 is 18.3 Å². The van der Waals surface area contributed by atoms with Crippen molar-refractivity contribution in [2.24, 2.45) is 0 Å². The molecule has 0 fully saturated rings. The van der Waals surface area contributed by atoms with Crippen molar-refractivity contribution in [3.63, 3.8) is 0 Å². The molecule has 2 aromatic carbocycles. The molecule has 33 heavy (non-hydrogen) atoms. The fourth-order valence-electron chi connectivity index (χ4n) is 2.75. The van der Waals surface area contributed by atoms with E-state index < -0.39 is 11.8 Å². The lowest BCUT2D eigenvalue weighted by atomic mass is 10.3. The minimum atomic E-state index is -0.657. The van der Waals surface area contributed by atoms with Crippen LogP contribution in [0.1, 0.15) is 32.6 Å². The van der Waals surface area contributed by atoms with Gasteiger partial charge in [0.1, 0.15) is 42.1 Å². The van der Waals surface area contributed by atoms with Gasteiger partial charge in [-0.3, -0.25) is 20.4 Å². The Bertz CT molecular complexity index is 1220. The third-order valence-electron chi connectivity index (χ3n) is 4.38. The van der Waals surface area contributed by atoms with Crippen LogP contribution in [-0.2, 0) is 13.2 Å². The van der Waals surface area contributed by atoms with Crippen LogP contribution >= 0.6 is 0 Å². The van der Waals surface area contributed by atoms with E-state index in [1.54, 1.807) is 24.3 Å². The Morgan fingerprint density at radius 1 is 0.667 bits per heavy atom. The van der Waals surface area contributed by atoms with E-state index in [0.717, 1.165) is 0 Å². The minimum absolute atomic E-state index is 0.00907. The highest BCUT2D eigenvalue weighted by Crippen LogP contribution is 2.16. The lowest BCUT2D eigenvalue weighted by Crippen LogP contribution is -2.41. The number of hydrogen-bond acceptors (Lipinski definition) is 6. The van der Waals surface area contributed by atoms with E-state index >= 15 is 0 Å². The van der Waals surface area contributed by atoms with E-state index in [4.69, 9.17) is 18.3 Å². The van der Waals surface area contributed by atoms with Gasteiger partial charge in [0.25, 0.3) is 0 Å². The quantitative estimate of drug-likeness (QED) is 0.389. The number of halogens is 1. The first-order valence-electron chi connectivity index (χ1n) is 9.91. The Hall–Kier alpha value is -4.53. The Morgan fingerprint density at radius 2 is 1.15 bits per heavy atom. The predicted molar refractivity (Wildman–Crippen MR) is 114 cm³/mol. The summed E-state index contributed by atoms with van der Waals surface area (Å²) in [7, 11) is 0. The summed E-state index contributed by atoms with van der Waals surface area (Å²) in [6, 6.07) is 20.8. The lowest BCUT2D eigenvalue weighted by Gasteiger charge is -2.05. The van der Waals surface area contributed by atoms with Gasteiger partial charge in [-0.15, -0.1) is 0 Å². The number of ether oxygens (including phenoxy) is 2. The molecular formula is C24H19FN2O6. The van der Waals surface area contributed by atoms with Crippen LogP contribution in [0.5, 0.6) is 11.5 Å². The Morgan fingerprint density at radius 3 is 1.67 bits per heavy atom. The van der Waals surface area contributed by atoms with Gasteiger partial charge in [0, 0.05) is 0 Å². The number of para-hydroxylation sites is 1. The minimum Gasteiger partial charge on any atom is -0.486 e. The molecule has 9 heteroatoms. The van der Waals surface area contributed by atoms with Crippen LogP contribution in [-0.4, -0.2) is 11.8 Å². The van der Waals surface area contributed by atoms with E-state index in [2.05, 4.69) is 10.9 Å². The number of nitrogens with one attached hydrogen (secondary N) is 2. The average Bonchev–Trinajstić information content (AvgIpc) is 3.51. The molecule has 0 aliphatic heterocycles. The maximum absolute atomic E-state index is 12.9. The Kier molecular flexibility index (Phi) is 6.70. The third-order valence-corrected chi connectivity index (χ3v) is 4.38. The second kappa shape index (κ2) is 10.2. The van der Waals surface area contributed by atoms with E-state index in [-0.39, 0.29) is 30.6 Å². The molecule has 2 amide bonds. The van der Waals surface area contributed by atoms with Gasteiger partial charge >= 0.3 is 11.8 Å². The normalized spacial score (nSPS) is 10.5.